The minimum absolute atomic E-state index is 0.0634. The smallest absolute Gasteiger partial charge is 0.327 e. The van der Waals surface area contributed by atoms with Crippen LogP contribution in [0.25, 0.3) is 0 Å². The van der Waals surface area contributed by atoms with Gasteiger partial charge in [-0.3, -0.25) is 9.59 Å². The van der Waals surface area contributed by atoms with Crippen LogP contribution in [0.4, 0.5) is 5.13 Å². The number of thioether (sulfide) groups is 1. The van der Waals surface area contributed by atoms with Crippen molar-refractivity contribution in [3.8, 4) is 0 Å². The number of rotatable bonds is 6. The summed E-state index contributed by atoms with van der Waals surface area (Å²) in [6.07, 6.45) is 2.63. The summed E-state index contributed by atoms with van der Waals surface area (Å²) in [7, 11) is 0. The molecule has 2 saturated heterocycles. The molecule has 1 unspecified atom stereocenters. The Labute approximate surface area is 188 Å². The van der Waals surface area contributed by atoms with Crippen molar-refractivity contribution in [2.75, 3.05) is 5.73 Å². The van der Waals surface area contributed by atoms with Crippen molar-refractivity contribution in [2.45, 2.75) is 80.2 Å². The van der Waals surface area contributed by atoms with Gasteiger partial charge in [-0.25, -0.2) is 9.78 Å². The van der Waals surface area contributed by atoms with E-state index in [0.717, 1.165) is 12.1 Å². The number of carbonyl (C=O) groups excluding carboxylic acids is 2. The Bertz CT molecular complexity index is 891. The molecule has 31 heavy (non-hydrogen) atoms. The molecular formula is C20H28N4O5S2. The number of nitrogens with two attached hydrogens (primary N) is 1. The van der Waals surface area contributed by atoms with E-state index in [9.17, 15) is 24.6 Å². The van der Waals surface area contributed by atoms with E-state index in [-0.39, 0.29) is 41.5 Å². The predicted molar refractivity (Wildman–Crippen MR) is 118 cm³/mol. The topological polar surface area (TPSA) is 146 Å². The van der Waals surface area contributed by atoms with Crippen LogP contribution in [0.5, 0.6) is 0 Å². The molecule has 3 heterocycles. The van der Waals surface area contributed by atoms with Crippen LogP contribution < -0.4 is 11.1 Å². The van der Waals surface area contributed by atoms with Crippen LogP contribution >= 0.6 is 23.1 Å². The molecule has 9 nitrogen and oxygen atoms in total. The van der Waals surface area contributed by atoms with Crippen LogP contribution in [-0.2, 0) is 14.4 Å². The van der Waals surface area contributed by atoms with Crippen LogP contribution in [0.1, 0.15) is 57.6 Å². The van der Waals surface area contributed by atoms with Crippen molar-refractivity contribution in [1.82, 2.24) is 15.2 Å². The van der Waals surface area contributed by atoms with E-state index >= 15 is 0 Å². The molecule has 1 aliphatic carbocycles. The number of carboxylic acids is 1. The molecule has 4 rings (SSSR count). The van der Waals surface area contributed by atoms with Crippen molar-refractivity contribution < 1.29 is 24.6 Å². The Kier molecular flexibility index (Phi) is 5.95. The third kappa shape index (κ3) is 4.14. The molecule has 1 aromatic rings. The molecule has 5 N–H and O–H groups in total. The maximum Gasteiger partial charge on any atom is 0.327 e. The molecule has 0 aromatic carbocycles. The van der Waals surface area contributed by atoms with Crippen LogP contribution in [0, 0.1) is 5.92 Å². The number of amides is 2. The fraction of sp³-hybridized carbons (Fsp3) is 0.700. The average molecular weight is 469 g/mol. The second-order valence-electron chi connectivity index (χ2n) is 9.13. The first kappa shape index (κ1) is 22.3. The second-order valence-corrected chi connectivity index (χ2v) is 11.8. The summed E-state index contributed by atoms with van der Waals surface area (Å²) in [4.78, 5) is 42.5. The summed E-state index contributed by atoms with van der Waals surface area (Å²) in [5.41, 5.74) is 6.65. The normalized spacial score (nSPS) is 34.2. The van der Waals surface area contributed by atoms with Gasteiger partial charge in [-0.2, -0.15) is 0 Å². The van der Waals surface area contributed by atoms with Gasteiger partial charge in [0.05, 0.1) is 11.8 Å². The highest BCUT2D eigenvalue weighted by atomic mass is 32.2. The van der Waals surface area contributed by atoms with Gasteiger partial charge in [-0.05, 0) is 45.4 Å². The van der Waals surface area contributed by atoms with E-state index in [4.69, 9.17) is 5.73 Å². The molecule has 1 saturated carbocycles. The Morgan fingerprint density at radius 3 is 2.77 bits per heavy atom. The van der Waals surface area contributed by atoms with Gasteiger partial charge in [-0.1, -0.05) is 0 Å². The predicted octanol–water partition coefficient (Wildman–Crippen LogP) is 1.38. The highest BCUT2D eigenvalue weighted by molar-refractivity contribution is 8.01. The highest BCUT2D eigenvalue weighted by Crippen LogP contribution is 2.50. The van der Waals surface area contributed by atoms with Crippen molar-refractivity contribution >= 4 is 46.0 Å². The van der Waals surface area contributed by atoms with Gasteiger partial charge in [0.25, 0.3) is 0 Å². The van der Waals surface area contributed by atoms with Gasteiger partial charge in [0.2, 0.25) is 11.8 Å². The molecule has 11 heteroatoms. The lowest BCUT2D eigenvalue weighted by Gasteiger charge is -2.43. The summed E-state index contributed by atoms with van der Waals surface area (Å²) >= 11 is 2.79. The Morgan fingerprint density at radius 1 is 1.39 bits per heavy atom. The molecule has 0 spiro atoms. The number of hydrogen-bond donors (Lipinski definition) is 4. The zero-order valence-corrected chi connectivity index (χ0v) is 19.1. The van der Waals surface area contributed by atoms with E-state index in [1.807, 2.05) is 19.2 Å². The van der Waals surface area contributed by atoms with Crippen LogP contribution in [-0.4, -0.2) is 66.2 Å². The summed E-state index contributed by atoms with van der Waals surface area (Å²) in [6, 6.07) is -1.56. The number of fused-ring (bicyclic) bond motifs is 1. The lowest BCUT2D eigenvalue weighted by atomic mass is 9.74. The van der Waals surface area contributed by atoms with E-state index in [1.165, 1.54) is 28.0 Å². The molecule has 170 valence electrons. The zero-order valence-electron chi connectivity index (χ0n) is 17.5. The number of aliphatic carboxylic acids is 1. The number of carbonyl (C=O) groups is 3. The lowest BCUT2D eigenvalue weighted by molar-refractivity contribution is -0.161. The van der Waals surface area contributed by atoms with Crippen molar-refractivity contribution in [3.05, 3.63) is 11.1 Å². The first-order chi connectivity index (χ1) is 14.6. The quantitative estimate of drug-likeness (QED) is 0.458. The number of β-lactam (4-membered cyclic amide) rings is 1. The number of aromatic nitrogens is 1. The molecule has 2 aliphatic heterocycles. The van der Waals surface area contributed by atoms with E-state index < -0.39 is 22.8 Å². The maximum absolute atomic E-state index is 12.6. The molecule has 3 fully saturated rings. The number of anilines is 1. The fourth-order valence-corrected chi connectivity index (χ4v) is 7.35. The number of nitrogens with one attached hydrogen (secondary N) is 1. The third-order valence-electron chi connectivity index (χ3n) is 6.62. The average Bonchev–Trinajstić information content (AvgIpc) is 3.23. The summed E-state index contributed by atoms with van der Waals surface area (Å²) in [5.74, 6) is -1.29. The molecule has 0 bridgehead atoms. The molecular weight excluding hydrogens is 440 g/mol. The lowest BCUT2D eigenvalue weighted by Crippen LogP contribution is -2.70. The first-order valence-corrected chi connectivity index (χ1v) is 12.3. The number of thiazole rings is 1. The third-order valence-corrected chi connectivity index (χ3v) is 8.88. The number of carboxylic acid groups (broad SMARTS) is 1. The summed E-state index contributed by atoms with van der Waals surface area (Å²) in [6.45, 7) is 3.62. The molecule has 0 radical (unpaired) electrons. The van der Waals surface area contributed by atoms with Gasteiger partial charge < -0.3 is 26.2 Å². The van der Waals surface area contributed by atoms with Gasteiger partial charge in [0, 0.05) is 22.5 Å². The Hall–Kier alpha value is -1.85. The van der Waals surface area contributed by atoms with Gasteiger partial charge in [0.15, 0.2) is 5.13 Å². The number of hydrogen-bond acceptors (Lipinski definition) is 8. The van der Waals surface area contributed by atoms with Crippen molar-refractivity contribution in [2.24, 2.45) is 5.92 Å². The standard InChI is InChI=1S/C20H28N4O5S2/c1-20(2)15(18(28)29)24-16(27)14(17(24)31-20)23-13(26)6-4-9-3-5-10(25)7-11(9)12-8-30-19(21)22-12/h8-11,14-15,17,25H,3-7H2,1-2H3,(H2,21,22)(H,23,26)(H,28,29)/t9-,10?,11+,14+,15-,17+/m0/s1. The van der Waals surface area contributed by atoms with Gasteiger partial charge in [-0.15, -0.1) is 23.1 Å². The minimum atomic E-state index is -1.02. The maximum atomic E-state index is 12.6. The minimum Gasteiger partial charge on any atom is -0.480 e. The van der Waals surface area contributed by atoms with Crippen LogP contribution in [0.3, 0.4) is 0 Å². The number of nitrogen functional groups attached to an aromatic ring is 1. The molecule has 6 atom stereocenters. The fourth-order valence-electron chi connectivity index (χ4n) is 5.10. The van der Waals surface area contributed by atoms with Crippen molar-refractivity contribution in [1.29, 1.82) is 0 Å². The van der Waals surface area contributed by atoms with Gasteiger partial charge in [0.1, 0.15) is 17.5 Å². The first-order valence-electron chi connectivity index (χ1n) is 10.5. The van der Waals surface area contributed by atoms with E-state index in [1.54, 1.807) is 0 Å². The van der Waals surface area contributed by atoms with E-state index in [2.05, 4.69) is 10.3 Å². The van der Waals surface area contributed by atoms with Crippen molar-refractivity contribution in [3.63, 3.8) is 0 Å². The van der Waals surface area contributed by atoms with Gasteiger partial charge >= 0.3 is 5.97 Å². The summed E-state index contributed by atoms with van der Waals surface area (Å²) < 4.78 is -0.614. The second kappa shape index (κ2) is 8.25. The molecule has 2 amide bonds. The molecule has 3 aliphatic rings. The summed E-state index contributed by atoms with van der Waals surface area (Å²) in [5, 5.41) is 24.5. The number of aliphatic hydroxyl groups excluding tert-OH is 1. The van der Waals surface area contributed by atoms with Crippen LogP contribution in [0.15, 0.2) is 5.38 Å². The number of aliphatic hydroxyl groups is 1. The number of nitrogens with zero attached hydrogens (tertiary/aromatic N) is 2. The highest BCUT2D eigenvalue weighted by Gasteiger charge is 2.64. The molecule has 1 aromatic heterocycles. The zero-order chi connectivity index (χ0) is 22.5. The van der Waals surface area contributed by atoms with Crippen LogP contribution in [0.2, 0.25) is 0 Å². The monoisotopic (exact) mass is 468 g/mol. The SMILES string of the molecule is CC1(C)S[C@@H]2[C@H](NC(=O)CC[C@@H]3CCC(O)C[C@H]3c3csc(N)n3)C(=O)N2[C@H]1C(=O)O. The van der Waals surface area contributed by atoms with E-state index in [0.29, 0.717) is 24.4 Å². The Morgan fingerprint density at radius 2 is 2.13 bits per heavy atom. The Balaban J connectivity index is 1.34. The largest absolute Gasteiger partial charge is 0.480 e.